The summed E-state index contributed by atoms with van der Waals surface area (Å²) in [6.45, 7) is 0.494. The Balaban J connectivity index is 1.83. The van der Waals surface area contributed by atoms with Crippen LogP contribution >= 0.6 is 0 Å². The Morgan fingerprint density at radius 2 is 2.00 bits per heavy atom. The van der Waals surface area contributed by atoms with Crippen molar-refractivity contribution in [2.75, 3.05) is 0 Å². The van der Waals surface area contributed by atoms with Gasteiger partial charge in [-0.15, -0.1) is 0 Å². The van der Waals surface area contributed by atoms with Crippen LogP contribution in [0.5, 0.6) is 0 Å². The zero-order chi connectivity index (χ0) is 11.1. The lowest BCUT2D eigenvalue weighted by molar-refractivity contribution is 0.132. The molecule has 0 unspecified atom stereocenters. The van der Waals surface area contributed by atoms with Crippen molar-refractivity contribution in [1.82, 2.24) is 0 Å². The summed E-state index contributed by atoms with van der Waals surface area (Å²) in [5.41, 5.74) is 2.09. The summed E-state index contributed by atoms with van der Waals surface area (Å²) in [7, 11) is 0. The third kappa shape index (κ3) is 3.24. The molecule has 2 aromatic carbocycles. The fourth-order valence-corrected chi connectivity index (χ4v) is 1.27. The monoisotopic (exact) mass is 210 g/mol. The molecular formula is C14H12NO. The van der Waals surface area contributed by atoms with Crippen LogP contribution in [0.1, 0.15) is 11.1 Å². The maximum Gasteiger partial charge on any atom is 0.142 e. The van der Waals surface area contributed by atoms with Crippen LogP contribution < -0.4 is 0 Å². The van der Waals surface area contributed by atoms with Gasteiger partial charge in [0.15, 0.2) is 0 Å². The van der Waals surface area contributed by atoms with E-state index in [1.165, 1.54) is 0 Å². The molecule has 1 radical (unpaired) electrons. The van der Waals surface area contributed by atoms with Crippen LogP contribution in [0.2, 0.25) is 0 Å². The quantitative estimate of drug-likeness (QED) is 0.561. The zero-order valence-electron chi connectivity index (χ0n) is 8.84. The third-order valence-corrected chi connectivity index (χ3v) is 2.08. The molecule has 0 aliphatic carbocycles. The van der Waals surface area contributed by atoms with Crippen molar-refractivity contribution >= 4 is 6.21 Å². The smallest absolute Gasteiger partial charge is 0.142 e. The van der Waals surface area contributed by atoms with Crippen LogP contribution in [-0.4, -0.2) is 6.21 Å². The van der Waals surface area contributed by atoms with Gasteiger partial charge in [-0.05, 0) is 23.3 Å². The van der Waals surface area contributed by atoms with Crippen LogP contribution in [0, 0.1) is 6.07 Å². The largest absolute Gasteiger partial charge is 0.391 e. The van der Waals surface area contributed by atoms with E-state index in [1.54, 1.807) is 6.21 Å². The molecule has 2 aromatic rings. The molecule has 0 amide bonds. The van der Waals surface area contributed by atoms with E-state index in [9.17, 15) is 0 Å². The molecule has 2 rings (SSSR count). The molecule has 0 saturated carbocycles. The minimum Gasteiger partial charge on any atom is -0.391 e. The summed E-state index contributed by atoms with van der Waals surface area (Å²) in [4.78, 5) is 5.18. The molecule has 16 heavy (non-hydrogen) atoms. The molecule has 0 aliphatic heterocycles. The Bertz CT molecular complexity index is 437. The lowest BCUT2D eigenvalue weighted by Gasteiger charge is -1.98. The van der Waals surface area contributed by atoms with E-state index in [-0.39, 0.29) is 0 Å². The van der Waals surface area contributed by atoms with E-state index in [4.69, 9.17) is 4.84 Å². The summed E-state index contributed by atoms with van der Waals surface area (Å²) in [6, 6.07) is 20.5. The summed E-state index contributed by atoms with van der Waals surface area (Å²) in [6.07, 6.45) is 1.68. The van der Waals surface area contributed by atoms with Gasteiger partial charge in [0.2, 0.25) is 0 Å². The Kier molecular flexibility index (Phi) is 3.72. The van der Waals surface area contributed by atoms with E-state index in [0.29, 0.717) is 6.61 Å². The topological polar surface area (TPSA) is 21.6 Å². The van der Waals surface area contributed by atoms with Crippen molar-refractivity contribution in [2.24, 2.45) is 5.16 Å². The first kappa shape index (κ1) is 10.4. The standard InChI is InChI=1S/C14H12NO/c1-3-7-13(8-4-1)11-15-16-12-14-9-5-2-6-10-14/h1-3,5-11H,12H2. The molecule has 0 aliphatic rings. The average Bonchev–Trinajstić information content (AvgIpc) is 2.37. The average molecular weight is 210 g/mol. The molecule has 0 spiro atoms. The molecule has 0 heterocycles. The Morgan fingerprint density at radius 1 is 1.12 bits per heavy atom. The first-order valence-corrected chi connectivity index (χ1v) is 5.10. The number of nitrogens with zero attached hydrogens (tertiary/aromatic N) is 1. The van der Waals surface area contributed by atoms with E-state index in [0.717, 1.165) is 11.1 Å². The number of oxime groups is 1. The van der Waals surface area contributed by atoms with Crippen LogP contribution in [0.4, 0.5) is 0 Å². The van der Waals surface area contributed by atoms with Crippen molar-refractivity contribution in [3.8, 4) is 0 Å². The number of hydrogen-bond donors (Lipinski definition) is 0. The highest BCUT2D eigenvalue weighted by Gasteiger charge is 1.89. The zero-order valence-corrected chi connectivity index (χ0v) is 8.84. The van der Waals surface area contributed by atoms with Gasteiger partial charge in [0.05, 0.1) is 6.21 Å². The maximum atomic E-state index is 5.18. The van der Waals surface area contributed by atoms with E-state index in [2.05, 4.69) is 11.2 Å². The van der Waals surface area contributed by atoms with Crippen LogP contribution in [-0.2, 0) is 11.4 Å². The molecule has 0 saturated heterocycles. The molecule has 79 valence electrons. The second kappa shape index (κ2) is 5.71. The number of benzene rings is 2. The van der Waals surface area contributed by atoms with Crippen molar-refractivity contribution < 1.29 is 4.84 Å². The fraction of sp³-hybridized carbons (Fsp3) is 0.0714. The van der Waals surface area contributed by atoms with E-state index < -0.39 is 0 Å². The highest BCUT2D eigenvalue weighted by Crippen LogP contribution is 2.00. The molecule has 2 nitrogen and oxygen atoms in total. The van der Waals surface area contributed by atoms with Gasteiger partial charge in [0.1, 0.15) is 6.61 Å². The molecule has 0 fully saturated rings. The Morgan fingerprint density at radius 3 is 2.75 bits per heavy atom. The van der Waals surface area contributed by atoms with Crippen molar-refractivity contribution in [2.45, 2.75) is 6.61 Å². The second-order valence-corrected chi connectivity index (χ2v) is 3.33. The summed E-state index contributed by atoms with van der Waals surface area (Å²) in [5, 5.41) is 3.89. The van der Waals surface area contributed by atoms with Crippen molar-refractivity contribution in [3.63, 3.8) is 0 Å². The van der Waals surface area contributed by atoms with Gasteiger partial charge in [-0.3, -0.25) is 0 Å². The Hall–Kier alpha value is -2.09. The normalized spacial score (nSPS) is 10.5. The van der Waals surface area contributed by atoms with Crippen LogP contribution in [0.15, 0.2) is 59.8 Å². The first-order chi connectivity index (χ1) is 7.95. The van der Waals surface area contributed by atoms with Gasteiger partial charge >= 0.3 is 0 Å². The van der Waals surface area contributed by atoms with Gasteiger partial charge < -0.3 is 4.84 Å². The van der Waals surface area contributed by atoms with E-state index in [1.807, 2.05) is 54.6 Å². The van der Waals surface area contributed by atoms with Crippen LogP contribution in [0.3, 0.4) is 0 Å². The second-order valence-electron chi connectivity index (χ2n) is 3.33. The molecule has 0 bridgehead atoms. The first-order valence-electron chi connectivity index (χ1n) is 5.10. The number of rotatable bonds is 4. The SMILES string of the molecule is [c]1cccc(C=NOCc2ccccc2)c1. The summed E-state index contributed by atoms with van der Waals surface area (Å²) in [5.74, 6) is 0. The molecule has 0 atom stereocenters. The highest BCUT2D eigenvalue weighted by atomic mass is 16.6. The molecule has 2 heteroatoms. The van der Waals surface area contributed by atoms with Gasteiger partial charge in [-0.1, -0.05) is 53.7 Å². The third-order valence-electron chi connectivity index (χ3n) is 2.08. The Labute approximate surface area is 95.2 Å². The predicted molar refractivity (Wildman–Crippen MR) is 64.1 cm³/mol. The van der Waals surface area contributed by atoms with Gasteiger partial charge in [-0.2, -0.15) is 0 Å². The summed E-state index contributed by atoms with van der Waals surface area (Å²) < 4.78 is 0. The predicted octanol–water partition coefficient (Wildman–Crippen LogP) is 3.04. The molecular weight excluding hydrogens is 198 g/mol. The van der Waals surface area contributed by atoms with Crippen molar-refractivity contribution in [1.29, 1.82) is 0 Å². The number of hydrogen-bond acceptors (Lipinski definition) is 2. The lowest BCUT2D eigenvalue weighted by Crippen LogP contribution is -1.87. The maximum absolute atomic E-state index is 5.18. The van der Waals surface area contributed by atoms with Crippen molar-refractivity contribution in [3.05, 3.63) is 71.8 Å². The van der Waals surface area contributed by atoms with Gasteiger partial charge in [0.25, 0.3) is 0 Å². The minimum atomic E-state index is 0.494. The van der Waals surface area contributed by atoms with Gasteiger partial charge in [0, 0.05) is 0 Å². The lowest BCUT2D eigenvalue weighted by atomic mass is 10.2. The summed E-state index contributed by atoms with van der Waals surface area (Å²) >= 11 is 0. The fourth-order valence-electron chi connectivity index (χ4n) is 1.27. The van der Waals surface area contributed by atoms with E-state index >= 15 is 0 Å². The van der Waals surface area contributed by atoms with Gasteiger partial charge in [-0.25, -0.2) is 0 Å². The van der Waals surface area contributed by atoms with Crippen LogP contribution in [0.25, 0.3) is 0 Å². The highest BCUT2D eigenvalue weighted by molar-refractivity contribution is 5.78. The molecule has 0 N–H and O–H groups in total. The molecule has 0 aromatic heterocycles. The minimum absolute atomic E-state index is 0.494.